The third-order valence-electron chi connectivity index (χ3n) is 4.95. The molecule has 162 valence electrons. The summed E-state index contributed by atoms with van der Waals surface area (Å²) in [6.07, 6.45) is -3.44. The van der Waals surface area contributed by atoms with Gasteiger partial charge in [0.2, 0.25) is 0 Å². The van der Waals surface area contributed by atoms with E-state index in [0.29, 0.717) is 25.9 Å². The topological polar surface area (TPSA) is 84.7 Å². The highest BCUT2D eigenvalue weighted by atomic mass is 19.4. The Hall–Kier alpha value is -2.88. The maximum atomic E-state index is 13.4. The van der Waals surface area contributed by atoms with E-state index in [2.05, 4.69) is 10.3 Å². The number of benzene rings is 1. The van der Waals surface area contributed by atoms with Crippen molar-refractivity contribution in [2.75, 3.05) is 25.5 Å². The highest BCUT2D eigenvalue weighted by Crippen LogP contribution is 2.33. The molecule has 2 aromatic rings. The van der Waals surface area contributed by atoms with Gasteiger partial charge in [0.25, 0.3) is 11.8 Å². The van der Waals surface area contributed by atoms with Crippen molar-refractivity contribution in [1.82, 2.24) is 9.88 Å². The molecule has 0 radical (unpaired) electrons. The van der Waals surface area contributed by atoms with Crippen molar-refractivity contribution in [3.8, 4) is 0 Å². The summed E-state index contributed by atoms with van der Waals surface area (Å²) in [5.41, 5.74) is -1.35. The van der Waals surface area contributed by atoms with Gasteiger partial charge in [-0.15, -0.1) is 0 Å². The van der Waals surface area contributed by atoms with E-state index >= 15 is 0 Å². The molecular formula is C20H22F3N3O4. The lowest BCUT2D eigenvalue weighted by atomic mass is 10.0. The van der Waals surface area contributed by atoms with Gasteiger partial charge in [-0.25, -0.2) is 4.98 Å². The summed E-state index contributed by atoms with van der Waals surface area (Å²) in [5, 5.41) is 2.39. The number of anilines is 1. The number of amides is 2. The number of nitrogens with one attached hydrogen (secondary N) is 1. The number of nitrogens with zero attached hydrogens (tertiary/aromatic N) is 2. The number of oxazole rings is 1. The number of aryl methyl sites for hydroxylation is 2. The molecule has 1 fully saturated rings. The van der Waals surface area contributed by atoms with Crippen molar-refractivity contribution in [2.24, 2.45) is 0 Å². The fourth-order valence-electron chi connectivity index (χ4n) is 3.39. The molecule has 0 spiro atoms. The molecule has 7 nitrogen and oxygen atoms in total. The van der Waals surface area contributed by atoms with Crippen LogP contribution in [0.1, 0.15) is 50.9 Å². The van der Waals surface area contributed by atoms with Crippen LogP contribution in [0.25, 0.3) is 0 Å². The molecule has 1 N–H and O–H groups in total. The maximum absolute atomic E-state index is 13.4. The lowest BCUT2D eigenvalue weighted by Crippen LogP contribution is -2.40. The van der Waals surface area contributed by atoms with Gasteiger partial charge >= 0.3 is 6.18 Å². The monoisotopic (exact) mass is 425 g/mol. The normalized spacial score (nSPS) is 15.3. The van der Waals surface area contributed by atoms with Crippen LogP contribution < -0.4 is 5.32 Å². The number of halogens is 3. The van der Waals surface area contributed by atoms with Gasteiger partial charge in [-0.1, -0.05) is 0 Å². The van der Waals surface area contributed by atoms with Crippen LogP contribution >= 0.6 is 0 Å². The van der Waals surface area contributed by atoms with Crippen LogP contribution in [-0.4, -0.2) is 48.0 Å². The Morgan fingerprint density at radius 2 is 1.87 bits per heavy atom. The molecule has 2 heterocycles. The van der Waals surface area contributed by atoms with E-state index in [1.807, 2.05) is 0 Å². The second kappa shape index (κ2) is 8.47. The summed E-state index contributed by atoms with van der Waals surface area (Å²) in [6, 6.07) is 2.82. The van der Waals surface area contributed by atoms with Gasteiger partial charge in [0.15, 0.2) is 11.6 Å². The molecule has 10 heteroatoms. The highest BCUT2D eigenvalue weighted by molar-refractivity contribution is 6.04. The number of methoxy groups -OCH3 is 1. The average molecular weight is 425 g/mol. The molecule has 0 aliphatic carbocycles. The Kier molecular flexibility index (Phi) is 6.16. The summed E-state index contributed by atoms with van der Waals surface area (Å²) in [4.78, 5) is 30.7. The van der Waals surface area contributed by atoms with Gasteiger partial charge in [0.1, 0.15) is 5.76 Å². The molecule has 1 aromatic carbocycles. The van der Waals surface area contributed by atoms with Crippen LogP contribution in [0, 0.1) is 13.8 Å². The summed E-state index contributed by atoms with van der Waals surface area (Å²) in [6.45, 7) is 3.84. The molecule has 0 saturated carbocycles. The van der Waals surface area contributed by atoms with Crippen molar-refractivity contribution in [3.05, 3.63) is 46.7 Å². The number of rotatable bonds is 4. The molecule has 2 amide bonds. The Morgan fingerprint density at radius 3 is 2.40 bits per heavy atom. The molecule has 0 unspecified atom stereocenters. The fourth-order valence-corrected chi connectivity index (χ4v) is 3.39. The lowest BCUT2D eigenvalue weighted by molar-refractivity contribution is -0.137. The Balaban J connectivity index is 1.88. The number of hydrogen-bond acceptors (Lipinski definition) is 5. The number of aromatic nitrogens is 1. The van der Waals surface area contributed by atoms with E-state index in [1.165, 1.54) is 17.9 Å². The molecule has 1 saturated heterocycles. The molecule has 1 aliphatic rings. The Bertz CT molecular complexity index is 947. The zero-order valence-corrected chi connectivity index (χ0v) is 16.8. The van der Waals surface area contributed by atoms with E-state index in [0.717, 1.165) is 12.1 Å². The van der Waals surface area contributed by atoms with E-state index in [-0.39, 0.29) is 34.7 Å². The minimum atomic E-state index is -4.68. The van der Waals surface area contributed by atoms with Gasteiger partial charge < -0.3 is 19.4 Å². The second-order valence-corrected chi connectivity index (χ2v) is 7.12. The molecule has 3 rings (SSSR count). The molecule has 0 bridgehead atoms. The molecule has 1 aromatic heterocycles. The second-order valence-electron chi connectivity index (χ2n) is 7.12. The van der Waals surface area contributed by atoms with Gasteiger partial charge in [0.05, 0.1) is 11.7 Å². The number of carbonyl (C=O) groups excluding carboxylic acids is 2. The van der Waals surface area contributed by atoms with Crippen molar-refractivity contribution < 1.29 is 31.9 Å². The Morgan fingerprint density at radius 1 is 1.20 bits per heavy atom. The van der Waals surface area contributed by atoms with E-state index in [9.17, 15) is 22.8 Å². The maximum Gasteiger partial charge on any atom is 0.416 e. The van der Waals surface area contributed by atoms with E-state index in [4.69, 9.17) is 9.15 Å². The van der Waals surface area contributed by atoms with Crippen LogP contribution in [0.15, 0.2) is 22.6 Å². The largest absolute Gasteiger partial charge is 0.445 e. The Labute approximate surface area is 171 Å². The van der Waals surface area contributed by atoms with Crippen molar-refractivity contribution in [1.29, 1.82) is 0 Å². The predicted octanol–water partition coefficient (Wildman–Crippen LogP) is 3.81. The van der Waals surface area contributed by atoms with Crippen LogP contribution in [0.2, 0.25) is 0 Å². The number of hydrogen-bond donors (Lipinski definition) is 1. The molecule has 30 heavy (non-hydrogen) atoms. The fraction of sp³-hybridized carbons (Fsp3) is 0.450. The summed E-state index contributed by atoms with van der Waals surface area (Å²) in [7, 11) is 1.59. The van der Waals surface area contributed by atoms with Crippen LogP contribution in [-0.2, 0) is 10.9 Å². The van der Waals surface area contributed by atoms with Crippen LogP contribution in [0.3, 0.4) is 0 Å². The number of ether oxygens (including phenoxy) is 1. The van der Waals surface area contributed by atoms with E-state index < -0.39 is 23.6 Å². The number of alkyl halides is 3. The number of piperidine rings is 1. The minimum absolute atomic E-state index is 0.0274. The van der Waals surface area contributed by atoms with Gasteiger partial charge in [-0.2, -0.15) is 13.2 Å². The first-order valence-corrected chi connectivity index (χ1v) is 9.38. The first-order chi connectivity index (χ1) is 14.1. The highest BCUT2D eigenvalue weighted by Gasteiger charge is 2.33. The third-order valence-corrected chi connectivity index (χ3v) is 4.95. The SMILES string of the molecule is COC1CCN(C(=O)c2cc(NC(=O)c3nc(C)oc3C)cc(C(F)(F)F)c2)CC1. The molecule has 1 aliphatic heterocycles. The predicted molar refractivity (Wildman–Crippen MR) is 101 cm³/mol. The van der Waals surface area contributed by atoms with Crippen LogP contribution in [0.4, 0.5) is 18.9 Å². The zero-order chi connectivity index (χ0) is 22.1. The third kappa shape index (κ3) is 4.81. The first-order valence-electron chi connectivity index (χ1n) is 9.38. The smallest absolute Gasteiger partial charge is 0.416 e. The summed E-state index contributed by atoms with van der Waals surface area (Å²) in [5.74, 6) is -0.742. The number of likely N-dealkylation sites (tertiary alicyclic amines) is 1. The van der Waals surface area contributed by atoms with Gasteiger partial charge in [-0.05, 0) is 38.0 Å². The van der Waals surface area contributed by atoms with Crippen molar-refractivity contribution in [2.45, 2.75) is 39.0 Å². The van der Waals surface area contributed by atoms with Gasteiger partial charge in [-0.3, -0.25) is 9.59 Å². The zero-order valence-electron chi connectivity index (χ0n) is 16.8. The summed E-state index contributed by atoms with van der Waals surface area (Å²) >= 11 is 0. The average Bonchev–Trinajstić information content (AvgIpc) is 3.04. The standard InChI is InChI=1S/C20H22F3N3O4/c1-11-17(24-12(2)30-11)18(27)25-15-9-13(8-14(10-15)20(21,22)23)19(28)26-6-4-16(29-3)5-7-26/h8-10,16H,4-7H2,1-3H3,(H,25,27). The summed E-state index contributed by atoms with van der Waals surface area (Å²) < 4.78 is 50.6. The first kappa shape index (κ1) is 21.8. The van der Waals surface area contributed by atoms with Gasteiger partial charge in [0, 0.05) is 38.4 Å². The van der Waals surface area contributed by atoms with Crippen molar-refractivity contribution >= 4 is 17.5 Å². The van der Waals surface area contributed by atoms with Crippen molar-refractivity contribution in [3.63, 3.8) is 0 Å². The molecule has 0 atom stereocenters. The quantitative estimate of drug-likeness (QED) is 0.805. The lowest BCUT2D eigenvalue weighted by Gasteiger charge is -2.31. The minimum Gasteiger partial charge on any atom is -0.445 e. The van der Waals surface area contributed by atoms with Crippen LogP contribution in [0.5, 0.6) is 0 Å². The number of carbonyl (C=O) groups is 2. The van der Waals surface area contributed by atoms with E-state index in [1.54, 1.807) is 14.0 Å². The molecular weight excluding hydrogens is 403 g/mol.